The third-order valence-corrected chi connectivity index (χ3v) is 15.3. The van der Waals surface area contributed by atoms with Gasteiger partial charge in [-0.3, -0.25) is 13.8 Å². The van der Waals surface area contributed by atoms with Crippen LogP contribution in [0.2, 0.25) is 0 Å². The maximum absolute atomic E-state index is 13.0. The van der Waals surface area contributed by atoms with Crippen molar-refractivity contribution in [1.29, 1.82) is 0 Å². The number of likely N-dealkylation sites (N-methyl/N-ethyl adjacent to an activating group) is 1. The molecule has 0 radical (unpaired) electrons. The summed E-state index contributed by atoms with van der Waals surface area (Å²) in [5, 5.41) is 13.9. The Kier molecular flexibility index (Phi) is 54.1. The number of rotatable bonds is 58. The lowest BCUT2D eigenvalue weighted by Crippen LogP contribution is -2.45. The highest BCUT2D eigenvalue weighted by Gasteiger charge is 2.27. The van der Waals surface area contributed by atoms with Crippen molar-refractivity contribution in [3.8, 4) is 0 Å². The second-order valence-corrected chi connectivity index (χ2v) is 24.2. The fourth-order valence-electron chi connectivity index (χ4n) is 9.33. The lowest BCUT2D eigenvalue weighted by molar-refractivity contribution is -0.870. The number of carbonyl (C=O) groups excluding carboxylic acids is 1. The summed E-state index contributed by atoms with van der Waals surface area (Å²) in [6.45, 7) is 4.80. The van der Waals surface area contributed by atoms with Crippen LogP contribution in [0.3, 0.4) is 0 Å². The van der Waals surface area contributed by atoms with Crippen molar-refractivity contribution in [3.63, 3.8) is 0 Å². The fraction of sp³-hybridized carbons (Fsp3) is 0.859. The molecule has 0 aliphatic rings. The van der Waals surface area contributed by atoms with Gasteiger partial charge in [0.1, 0.15) is 13.2 Å². The summed E-state index contributed by atoms with van der Waals surface area (Å²) in [7, 11) is 1.56. The maximum atomic E-state index is 13.0. The Hall–Kier alpha value is -1.54. The van der Waals surface area contributed by atoms with Crippen LogP contribution in [0.4, 0.5) is 0 Å². The zero-order chi connectivity index (χ0) is 53.5. The Morgan fingerprint density at radius 2 is 0.795 bits per heavy atom. The van der Waals surface area contributed by atoms with Crippen molar-refractivity contribution in [3.05, 3.63) is 48.6 Å². The molecule has 0 spiro atoms. The number of aliphatic hydroxyl groups is 1. The summed E-state index contributed by atoms with van der Waals surface area (Å²) in [6, 6.07) is -0.861. The average Bonchev–Trinajstić information content (AvgIpc) is 3.35. The van der Waals surface area contributed by atoms with Crippen molar-refractivity contribution in [2.75, 3.05) is 40.9 Å². The van der Waals surface area contributed by atoms with Gasteiger partial charge in [0, 0.05) is 6.42 Å². The lowest BCUT2D eigenvalue weighted by Gasteiger charge is -2.25. The Labute approximate surface area is 454 Å². The van der Waals surface area contributed by atoms with Crippen LogP contribution in [0.25, 0.3) is 0 Å². The van der Waals surface area contributed by atoms with E-state index in [0.29, 0.717) is 17.4 Å². The van der Waals surface area contributed by atoms with Gasteiger partial charge in [-0.25, -0.2) is 4.57 Å². The molecule has 0 saturated carbocycles. The third-order valence-electron chi connectivity index (χ3n) is 14.3. The van der Waals surface area contributed by atoms with E-state index >= 15 is 0 Å². The van der Waals surface area contributed by atoms with Crippen LogP contribution in [0, 0.1) is 0 Å². The number of quaternary nitrogens is 1. The summed E-state index contributed by atoms with van der Waals surface area (Å²) < 4.78 is 23.7. The molecule has 0 aliphatic heterocycles. The molecule has 9 heteroatoms. The zero-order valence-electron chi connectivity index (χ0n) is 49.1. The smallest absolute Gasteiger partial charge is 0.387 e. The van der Waals surface area contributed by atoms with Gasteiger partial charge in [-0.2, -0.15) is 0 Å². The van der Waals surface area contributed by atoms with Crippen molar-refractivity contribution in [2.45, 2.75) is 315 Å². The maximum Gasteiger partial charge on any atom is 0.472 e. The minimum absolute atomic E-state index is 0.0572. The Balaban J connectivity index is 3.93. The number of carbonyl (C=O) groups is 1. The third kappa shape index (κ3) is 58.0. The van der Waals surface area contributed by atoms with Crippen LogP contribution in [-0.4, -0.2) is 73.4 Å². The van der Waals surface area contributed by atoms with Gasteiger partial charge in [0.2, 0.25) is 5.91 Å². The van der Waals surface area contributed by atoms with E-state index in [0.717, 1.165) is 44.9 Å². The zero-order valence-corrected chi connectivity index (χ0v) is 50.0. The molecule has 8 nitrogen and oxygen atoms in total. The molecule has 3 N–H and O–H groups in total. The summed E-state index contributed by atoms with van der Waals surface area (Å²) in [5.74, 6) is -0.183. The topological polar surface area (TPSA) is 105 Å². The minimum atomic E-state index is -4.35. The van der Waals surface area contributed by atoms with E-state index in [-0.39, 0.29) is 19.1 Å². The van der Waals surface area contributed by atoms with Crippen LogP contribution in [0.5, 0.6) is 0 Å². The summed E-state index contributed by atoms with van der Waals surface area (Å²) >= 11 is 0. The molecule has 1 amide bonds. The molecular formula is C64H124N2O6P+. The van der Waals surface area contributed by atoms with Gasteiger partial charge in [0.15, 0.2) is 0 Å². The van der Waals surface area contributed by atoms with Crippen LogP contribution in [-0.2, 0) is 18.4 Å². The predicted molar refractivity (Wildman–Crippen MR) is 318 cm³/mol. The number of nitrogens with zero attached hydrogens (tertiary/aromatic N) is 1. The van der Waals surface area contributed by atoms with E-state index in [1.54, 1.807) is 6.08 Å². The van der Waals surface area contributed by atoms with Gasteiger partial charge in [-0.15, -0.1) is 0 Å². The molecule has 3 atom stereocenters. The standard InChI is InChI=1S/C64H123N2O6P/c1-6-8-10-12-14-16-18-20-22-23-24-25-26-27-28-29-30-31-32-33-34-35-36-37-38-39-40-41-42-43-44-46-48-50-52-54-56-58-64(68)65-62(61-72-73(69,70)71-60-59-66(3,4)5)63(67)57-55-53-51-49-47-45-21-19-17-15-13-11-9-7-2/h18,20,23-24,47,49,55,57,62-63,67H,6-17,19,21-22,25-46,48,50-54,56,58-61H2,1-5H3,(H-,65,68,69,70)/p+1/b20-18-,24-23-,49-47+,57-55+. The molecule has 0 aromatic carbocycles. The molecule has 0 aromatic rings. The average molecular weight is 1050 g/mol. The predicted octanol–water partition coefficient (Wildman–Crippen LogP) is 19.5. The quantitative estimate of drug-likeness (QED) is 0.0243. The van der Waals surface area contributed by atoms with Crippen LogP contribution in [0.1, 0.15) is 303 Å². The lowest BCUT2D eigenvalue weighted by atomic mass is 10.0. The first-order chi connectivity index (χ1) is 35.5. The van der Waals surface area contributed by atoms with Gasteiger partial charge >= 0.3 is 7.82 Å². The van der Waals surface area contributed by atoms with Gasteiger partial charge in [-0.1, -0.05) is 281 Å². The molecule has 0 bridgehead atoms. The minimum Gasteiger partial charge on any atom is -0.387 e. The van der Waals surface area contributed by atoms with E-state index in [4.69, 9.17) is 9.05 Å². The molecule has 0 rings (SSSR count). The summed E-state index contributed by atoms with van der Waals surface area (Å²) in [5.41, 5.74) is 0. The molecule has 73 heavy (non-hydrogen) atoms. The fourth-order valence-corrected chi connectivity index (χ4v) is 10.1. The number of aliphatic hydroxyl groups excluding tert-OH is 1. The van der Waals surface area contributed by atoms with Crippen LogP contribution in [0.15, 0.2) is 48.6 Å². The second-order valence-electron chi connectivity index (χ2n) is 22.8. The normalized spacial score (nSPS) is 14.1. The van der Waals surface area contributed by atoms with Gasteiger partial charge in [0.05, 0.1) is 39.9 Å². The monoisotopic (exact) mass is 1050 g/mol. The number of nitrogens with one attached hydrogen (secondary N) is 1. The van der Waals surface area contributed by atoms with E-state index in [1.165, 1.54) is 238 Å². The number of phosphoric acid groups is 1. The Morgan fingerprint density at radius 1 is 0.466 bits per heavy atom. The van der Waals surface area contributed by atoms with E-state index in [2.05, 4.69) is 55.6 Å². The highest BCUT2D eigenvalue weighted by molar-refractivity contribution is 7.47. The molecule has 430 valence electrons. The number of hydrogen-bond acceptors (Lipinski definition) is 5. The molecule has 0 fully saturated rings. The van der Waals surface area contributed by atoms with Crippen LogP contribution < -0.4 is 5.32 Å². The van der Waals surface area contributed by atoms with Crippen molar-refractivity contribution in [1.82, 2.24) is 5.32 Å². The van der Waals surface area contributed by atoms with Crippen LogP contribution >= 0.6 is 7.82 Å². The van der Waals surface area contributed by atoms with Crippen molar-refractivity contribution >= 4 is 13.7 Å². The van der Waals surface area contributed by atoms with Crippen molar-refractivity contribution < 1.29 is 32.9 Å². The van der Waals surface area contributed by atoms with Gasteiger partial charge in [-0.05, 0) is 64.2 Å². The summed E-state index contributed by atoms with van der Waals surface area (Å²) in [4.78, 5) is 23.3. The first kappa shape index (κ1) is 71.5. The first-order valence-corrected chi connectivity index (χ1v) is 33.0. The van der Waals surface area contributed by atoms with E-state index in [1.807, 2.05) is 27.2 Å². The summed E-state index contributed by atoms with van der Waals surface area (Å²) in [6.07, 6.45) is 74.0. The SMILES string of the molecule is CCCCCCC/C=C\C/C=C\CCCCCCCCCCCCCCCCCCCCCCCCCCCC(=O)NC(COP(=O)(O)OCC[N+](C)(C)C)C(O)/C=C/CC/C=C/CCCCCCCCCC. The van der Waals surface area contributed by atoms with Gasteiger partial charge < -0.3 is 19.8 Å². The highest BCUT2D eigenvalue weighted by atomic mass is 31.2. The Bertz CT molecular complexity index is 1330. The first-order valence-electron chi connectivity index (χ1n) is 31.5. The van der Waals surface area contributed by atoms with E-state index in [9.17, 15) is 19.4 Å². The van der Waals surface area contributed by atoms with Gasteiger partial charge in [0.25, 0.3) is 0 Å². The Morgan fingerprint density at radius 3 is 1.18 bits per heavy atom. The number of unbranched alkanes of at least 4 members (excludes halogenated alkanes) is 39. The molecule has 0 heterocycles. The number of hydrogen-bond donors (Lipinski definition) is 3. The molecular weight excluding hydrogens is 924 g/mol. The molecule has 0 saturated heterocycles. The molecule has 0 aliphatic carbocycles. The number of amides is 1. The highest BCUT2D eigenvalue weighted by Crippen LogP contribution is 2.43. The van der Waals surface area contributed by atoms with E-state index < -0.39 is 20.0 Å². The van der Waals surface area contributed by atoms with Crippen molar-refractivity contribution in [2.24, 2.45) is 0 Å². The largest absolute Gasteiger partial charge is 0.472 e. The number of phosphoric ester groups is 1. The number of allylic oxidation sites excluding steroid dienone is 7. The molecule has 0 aromatic heterocycles. The second kappa shape index (κ2) is 55.2. The molecule has 3 unspecified atom stereocenters.